The summed E-state index contributed by atoms with van der Waals surface area (Å²) < 4.78 is 17.5. The second-order valence-corrected chi connectivity index (χ2v) is 2.15. The van der Waals surface area contributed by atoms with E-state index in [1.807, 2.05) is 0 Å². The van der Waals surface area contributed by atoms with E-state index in [2.05, 4.69) is 0 Å². The molecular formula is C7H10FNO. The van der Waals surface area contributed by atoms with Gasteiger partial charge >= 0.3 is 0 Å². The van der Waals surface area contributed by atoms with Crippen molar-refractivity contribution in [1.82, 2.24) is 0 Å². The highest BCUT2D eigenvalue weighted by Gasteiger charge is 2.13. The fraction of sp³-hybridized carbons (Fsp3) is 0.429. The van der Waals surface area contributed by atoms with Crippen molar-refractivity contribution in [1.29, 1.82) is 0 Å². The van der Waals surface area contributed by atoms with E-state index < -0.39 is 5.83 Å². The van der Waals surface area contributed by atoms with Crippen LogP contribution in [0.2, 0.25) is 0 Å². The SMILES string of the molecule is COC1=CCCC(N)=C1F. The molecule has 56 valence electrons. The van der Waals surface area contributed by atoms with Crippen molar-refractivity contribution >= 4 is 0 Å². The fourth-order valence-corrected chi connectivity index (χ4v) is 0.889. The molecule has 10 heavy (non-hydrogen) atoms. The summed E-state index contributed by atoms with van der Waals surface area (Å²) >= 11 is 0. The van der Waals surface area contributed by atoms with Gasteiger partial charge in [-0.1, -0.05) is 0 Å². The normalized spacial score (nSPS) is 18.8. The first kappa shape index (κ1) is 7.12. The number of hydrogen-bond acceptors (Lipinski definition) is 2. The Morgan fingerprint density at radius 3 is 2.90 bits per heavy atom. The summed E-state index contributed by atoms with van der Waals surface area (Å²) in [5.41, 5.74) is 5.62. The van der Waals surface area contributed by atoms with E-state index in [9.17, 15) is 4.39 Å². The molecule has 1 aliphatic carbocycles. The van der Waals surface area contributed by atoms with Gasteiger partial charge < -0.3 is 10.5 Å². The highest BCUT2D eigenvalue weighted by molar-refractivity contribution is 5.27. The number of methoxy groups -OCH3 is 1. The Hall–Kier alpha value is -0.990. The monoisotopic (exact) mass is 143 g/mol. The first-order valence-electron chi connectivity index (χ1n) is 3.14. The molecule has 0 radical (unpaired) electrons. The lowest BCUT2D eigenvalue weighted by Crippen LogP contribution is -2.06. The van der Waals surface area contributed by atoms with Crippen molar-refractivity contribution < 1.29 is 9.13 Å². The molecule has 0 amide bonds. The summed E-state index contributed by atoms with van der Waals surface area (Å²) in [5, 5.41) is 0. The van der Waals surface area contributed by atoms with Gasteiger partial charge in [-0.2, -0.15) is 0 Å². The predicted octanol–water partition coefficient (Wildman–Crippen LogP) is 1.45. The van der Waals surface area contributed by atoms with E-state index in [-0.39, 0.29) is 5.76 Å². The number of halogens is 1. The highest BCUT2D eigenvalue weighted by atomic mass is 19.1. The lowest BCUT2D eigenvalue weighted by atomic mass is 10.1. The van der Waals surface area contributed by atoms with Crippen LogP contribution in [0.25, 0.3) is 0 Å². The summed E-state index contributed by atoms with van der Waals surface area (Å²) in [6.45, 7) is 0. The van der Waals surface area contributed by atoms with Crippen molar-refractivity contribution in [2.24, 2.45) is 5.73 Å². The van der Waals surface area contributed by atoms with Gasteiger partial charge in [0.1, 0.15) is 0 Å². The first-order valence-corrected chi connectivity index (χ1v) is 3.14. The van der Waals surface area contributed by atoms with Crippen LogP contribution in [0.5, 0.6) is 0 Å². The van der Waals surface area contributed by atoms with Crippen molar-refractivity contribution in [3.63, 3.8) is 0 Å². The average molecular weight is 143 g/mol. The predicted molar refractivity (Wildman–Crippen MR) is 36.6 cm³/mol. The summed E-state index contributed by atoms with van der Waals surface area (Å²) in [7, 11) is 1.43. The zero-order chi connectivity index (χ0) is 7.56. The molecule has 0 spiro atoms. The minimum absolute atomic E-state index is 0.267. The summed E-state index contributed by atoms with van der Waals surface area (Å²) in [5.74, 6) is -0.141. The molecule has 0 unspecified atom stereocenters. The number of rotatable bonds is 1. The maximum Gasteiger partial charge on any atom is 0.183 e. The first-order chi connectivity index (χ1) is 4.75. The molecule has 1 rings (SSSR count). The van der Waals surface area contributed by atoms with Crippen LogP contribution in [-0.4, -0.2) is 7.11 Å². The molecule has 2 nitrogen and oxygen atoms in total. The van der Waals surface area contributed by atoms with E-state index in [1.54, 1.807) is 6.08 Å². The molecule has 0 saturated heterocycles. The van der Waals surface area contributed by atoms with Crippen LogP contribution >= 0.6 is 0 Å². The Morgan fingerprint density at radius 1 is 1.70 bits per heavy atom. The van der Waals surface area contributed by atoms with Crippen LogP contribution in [-0.2, 0) is 4.74 Å². The van der Waals surface area contributed by atoms with Crippen LogP contribution in [0.4, 0.5) is 4.39 Å². The fourth-order valence-electron chi connectivity index (χ4n) is 0.889. The highest BCUT2D eigenvalue weighted by Crippen LogP contribution is 2.22. The molecular weight excluding hydrogens is 133 g/mol. The van der Waals surface area contributed by atoms with Gasteiger partial charge in [0, 0.05) is 5.70 Å². The van der Waals surface area contributed by atoms with Gasteiger partial charge in [0.2, 0.25) is 0 Å². The summed E-state index contributed by atoms with van der Waals surface area (Å²) in [4.78, 5) is 0. The van der Waals surface area contributed by atoms with Gasteiger partial charge in [0.15, 0.2) is 11.6 Å². The summed E-state index contributed by atoms with van der Waals surface area (Å²) in [6, 6.07) is 0. The zero-order valence-electron chi connectivity index (χ0n) is 5.86. The maximum atomic E-state index is 12.8. The Morgan fingerprint density at radius 2 is 2.40 bits per heavy atom. The lowest BCUT2D eigenvalue weighted by molar-refractivity contribution is 0.277. The second-order valence-electron chi connectivity index (χ2n) is 2.15. The van der Waals surface area contributed by atoms with Gasteiger partial charge in [-0.25, -0.2) is 4.39 Å². The van der Waals surface area contributed by atoms with Gasteiger partial charge in [-0.15, -0.1) is 0 Å². The van der Waals surface area contributed by atoms with Crippen molar-refractivity contribution in [2.45, 2.75) is 12.8 Å². The van der Waals surface area contributed by atoms with Gasteiger partial charge in [-0.3, -0.25) is 0 Å². The Labute approximate surface area is 59.2 Å². The third-order valence-corrected chi connectivity index (χ3v) is 1.46. The minimum Gasteiger partial charge on any atom is -0.494 e. The molecule has 1 aliphatic rings. The maximum absolute atomic E-state index is 12.8. The Balaban J connectivity index is 2.83. The van der Waals surface area contributed by atoms with Crippen LogP contribution in [0, 0.1) is 0 Å². The van der Waals surface area contributed by atoms with Gasteiger partial charge in [0.25, 0.3) is 0 Å². The van der Waals surface area contributed by atoms with E-state index >= 15 is 0 Å². The third kappa shape index (κ3) is 1.12. The average Bonchev–Trinajstić information content (AvgIpc) is 1.95. The topological polar surface area (TPSA) is 35.2 Å². The third-order valence-electron chi connectivity index (χ3n) is 1.46. The largest absolute Gasteiger partial charge is 0.494 e. The van der Waals surface area contributed by atoms with Crippen LogP contribution in [0.3, 0.4) is 0 Å². The van der Waals surface area contributed by atoms with E-state index in [4.69, 9.17) is 10.5 Å². The van der Waals surface area contributed by atoms with Crippen molar-refractivity contribution in [2.75, 3.05) is 7.11 Å². The standard InChI is InChI=1S/C7H10FNO/c1-10-6-4-2-3-5(9)7(6)8/h4H,2-3,9H2,1H3. The molecule has 3 heteroatoms. The molecule has 0 aromatic heterocycles. The molecule has 0 aromatic carbocycles. The Bertz CT molecular complexity index is 196. The molecule has 2 N–H and O–H groups in total. The van der Waals surface area contributed by atoms with E-state index in [1.165, 1.54) is 7.11 Å². The number of ether oxygens (including phenoxy) is 1. The summed E-state index contributed by atoms with van der Waals surface area (Å²) in [6.07, 6.45) is 3.06. The van der Waals surface area contributed by atoms with Crippen LogP contribution in [0.15, 0.2) is 23.4 Å². The lowest BCUT2D eigenvalue weighted by Gasteiger charge is -2.11. The molecule has 0 fully saturated rings. The number of nitrogens with two attached hydrogens (primary N) is 1. The van der Waals surface area contributed by atoms with Crippen LogP contribution < -0.4 is 5.73 Å². The minimum atomic E-state index is -0.409. The molecule has 0 saturated carbocycles. The van der Waals surface area contributed by atoms with E-state index in [0.717, 1.165) is 6.42 Å². The second kappa shape index (κ2) is 2.73. The molecule has 0 atom stereocenters. The van der Waals surface area contributed by atoms with Crippen molar-refractivity contribution in [3.8, 4) is 0 Å². The van der Waals surface area contributed by atoms with E-state index in [0.29, 0.717) is 12.1 Å². The zero-order valence-corrected chi connectivity index (χ0v) is 5.86. The molecule has 0 aromatic rings. The molecule has 0 aliphatic heterocycles. The van der Waals surface area contributed by atoms with Crippen LogP contribution in [0.1, 0.15) is 12.8 Å². The molecule has 0 heterocycles. The van der Waals surface area contributed by atoms with Crippen molar-refractivity contribution in [3.05, 3.63) is 23.4 Å². The Kier molecular flexibility index (Phi) is 1.94. The number of hydrogen-bond donors (Lipinski definition) is 1. The van der Waals surface area contributed by atoms with Gasteiger partial charge in [0.05, 0.1) is 7.11 Å². The smallest absolute Gasteiger partial charge is 0.183 e. The molecule has 0 bridgehead atoms. The number of allylic oxidation sites excluding steroid dienone is 3. The quantitative estimate of drug-likeness (QED) is 0.603. The van der Waals surface area contributed by atoms with Gasteiger partial charge in [-0.05, 0) is 18.9 Å².